The zero-order valence-electron chi connectivity index (χ0n) is 11.6. The maximum absolute atomic E-state index is 13.2. The second kappa shape index (κ2) is 6.35. The molecule has 20 heavy (non-hydrogen) atoms. The van der Waals surface area contributed by atoms with Crippen LogP contribution in [0.4, 0.5) is 4.39 Å². The maximum atomic E-state index is 13.2. The molecule has 0 atom stereocenters. The summed E-state index contributed by atoms with van der Waals surface area (Å²) in [7, 11) is 0. The average Bonchev–Trinajstić information content (AvgIpc) is 2.30. The number of carboxylic acids is 1. The van der Waals surface area contributed by atoms with Crippen molar-refractivity contribution < 1.29 is 19.1 Å². The zero-order chi connectivity index (χ0) is 15.5. The molecule has 0 aliphatic carbocycles. The lowest BCUT2D eigenvalue weighted by molar-refractivity contribution is -0.137. The molecule has 4 nitrogen and oxygen atoms in total. The number of carbonyl (C=O) groups is 2. The molecule has 1 amide bonds. The van der Waals surface area contributed by atoms with Crippen molar-refractivity contribution in [3.05, 3.63) is 34.1 Å². The molecule has 1 aromatic carbocycles. The van der Waals surface area contributed by atoms with Gasteiger partial charge in [-0.2, -0.15) is 0 Å². The van der Waals surface area contributed by atoms with E-state index in [0.29, 0.717) is 5.56 Å². The summed E-state index contributed by atoms with van der Waals surface area (Å²) in [6, 6.07) is 3.99. The molecule has 0 heterocycles. The molecule has 1 N–H and O–H groups in total. The van der Waals surface area contributed by atoms with E-state index in [2.05, 4.69) is 15.9 Å². The number of carbonyl (C=O) groups excluding carboxylic acids is 1. The number of nitrogens with zero attached hydrogens (tertiary/aromatic N) is 1. The largest absolute Gasteiger partial charge is 0.481 e. The van der Waals surface area contributed by atoms with Gasteiger partial charge in [0, 0.05) is 17.6 Å². The van der Waals surface area contributed by atoms with Gasteiger partial charge < -0.3 is 10.0 Å². The van der Waals surface area contributed by atoms with E-state index >= 15 is 0 Å². The van der Waals surface area contributed by atoms with Crippen LogP contribution in [-0.4, -0.2) is 34.0 Å². The van der Waals surface area contributed by atoms with Crippen molar-refractivity contribution in [2.24, 2.45) is 0 Å². The Morgan fingerprint density at radius 1 is 1.35 bits per heavy atom. The normalized spacial score (nSPS) is 11.2. The van der Waals surface area contributed by atoms with Crippen LogP contribution in [0.25, 0.3) is 0 Å². The molecule has 0 saturated carbocycles. The summed E-state index contributed by atoms with van der Waals surface area (Å²) < 4.78 is 13.4. The molecule has 1 rings (SSSR count). The Kier molecular flexibility index (Phi) is 5.28. The second-order valence-electron chi connectivity index (χ2n) is 5.40. The van der Waals surface area contributed by atoms with Crippen LogP contribution in [0.3, 0.4) is 0 Å². The second-order valence-corrected chi connectivity index (χ2v) is 6.25. The van der Waals surface area contributed by atoms with Gasteiger partial charge in [0.2, 0.25) is 0 Å². The predicted molar refractivity (Wildman–Crippen MR) is 77.1 cm³/mol. The van der Waals surface area contributed by atoms with E-state index in [9.17, 15) is 14.0 Å². The van der Waals surface area contributed by atoms with Crippen LogP contribution in [0.1, 0.15) is 37.6 Å². The number of benzene rings is 1. The lowest BCUT2D eigenvalue weighted by Gasteiger charge is -2.35. The molecular weight excluding hydrogens is 329 g/mol. The molecule has 0 spiro atoms. The van der Waals surface area contributed by atoms with Gasteiger partial charge in [-0.05, 0) is 54.9 Å². The Labute approximate surface area is 125 Å². The Hall–Kier alpha value is -1.43. The third-order valence-electron chi connectivity index (χ3n) is 2.77. The van der Waals surface area contributed by atoms with Gasteiger partial charge in [-0.15, -0.1) is 0 Å². The van der Waals surface area contributed by atoms with Gasteiger partial charge in [-0.1, -0.05) is 0 Å². The van der Waals surface area contributed by atoms with Crippen molar-refractivity contribution in [2.75, 3.05) is 6.54 Å². The summed E-state index contributed by atoms with van der Waals surface area (Å²) in [5.74, 6) is -1.74. The van der Waals surface area contributed by atoms with E-state index in [4.69, 9.17) is 5.11 Å². The molecule has 0 fully saturated rings. The van der Waals surface area contributed by atoms with Crippen molar-refractivity contribution >= 4 is 27.8 Å². The van der Waals surface area contributed by atoms with E-state index in [1.54, 1.807) is 0 Å². The number of rotatable bonds is 4. The highest BCUT2D eigenvalue weighted by Crippen LogP contribution is 2.22. The summed E-state index contributed by atoms with van der Waals surface area (Å²) in [4.78, 5) is 24.6. The Morgan fingerprint density at radius 3 is 2.40 bits per heavy atom. The molecule has 110 valence electrons. The fourth-order valence-electron chi connectivity index (χ4n) is 1.73. The number of halogens is 2. The van der Waals surface area contributed by atoms with Gasteiger partial charge in [0.25, 0.3) is 5.91 Å². The average molecular weight is 346 g/mol. The van der Waals surface area contributed by atoms with Crippen LogP contribution in [-0.2, 0) is 4.79 Å². The SMILES string of the molecule is CC(C)(C)N(CCC(=O)O)C(=O)c1ccc(F)c(Br)c1. The summed E-state index contributed by atoms with van der Waals surface area (Å²) >= 11 is 3.04. The minimum absolute atomic E-state index is 0.104. The van der Waals surface area contributed by atoms with Gasteiger partial charge in [0.1, 0.15) is 5.82 Å². The Balaban J connectivity index is 3.03. The summed E-state index contributed by atoms with van der Waals surface area (Å²) in [5, 5.41) is 8.77. The number of hydrogen-bond acceptors (Lipinski definition) is 2. The minimum atomic E-state index is -0.965. The van der Waals surface area contributed by atoms with Gasteiger partial charge in [0.05, 0.1) is 10.9 Å². The van der Waals surface area contributed by atoms with Crippen LogP contribution in [0, 0.1) is 5.82 Å². The molecule has 0 bridgehead atoms. The van der Waals surface area contributed by atoms with Gasteiger partial charge in [-0.3, -0.25) is 9.59 Å². The van der Waals surface area contributed by atoms with Crippen LogP contribution in [0.15, 0.2) is 22.7 Å². The minimum Gasteiger partial charge on any atom is -0.481 e. The molecule has 0 radical (unpaired) electrons. The van der Waals surface area contributed by atoms with Crippen molar-refractivity contribution in [2.45, 2.75) is 32.7 Å². The molecule has 6 heteroatoms. The Morgan fingerprint density at radius 2 is 1.95 bits per heavy atom. The van der Waals surface area contributed by atoms with Crippen molar-refractivity contribution in [1.82, 2.24) is 4.90 Å². The molecule has 0 aliphatic rings. The van der Waals surface area contributed by atoms with E-state index in [1.165, 1.54) is 23.1 Å². The highest BCUT2D eigenvalue weighted by atomic mass is 79.9. The standard InChI is InChI=1S/C14H17BrFNO3/c1-14(2,3)17(7-6-12(18)19)13(20)9-4-5-11(16)10(15)8-9/h4-5,8H,6-7H2,1-3H3,(H,18,19). The highest BCUT2D eigenvalue weighted by Gasteiger charge is 2.28. The van der Waals surface area contributed by atoms with Gasteiger partial charge in [-0.25, -0.2) is 4.39 Å². The lowest BCUT2D eigenvalue weighted by Crippen LogP contribution is -2.46. The first-order valence-electron chi connectivity index (χ1n) is 6.11. The number of carboxylic acid groups (broad SMARTS) is 1. The van der Waals surface area contributed by atoms with Crippen molar-refractivity contribution in [3.63, 3.8) is 0 Å². The number of amides is 1. The topological polar surface area (TPSA) is 57.6 Å². The summed E-state index contributed by atoms with van der Waals surface area (Å²) in [6.07, 6.45) is -0.134. The molecule has 0 saturated heterocycles. The third-order valence-corrected chi connectivity index (χ3v) is 3.38. The fraction of sp³-hybridized carbons (Fsp3) is 0.429. The first-order valence-corrected chi connectivity index (χ1v) is 6.91. The van der Waals surface area contributed by atoms with E-state index in [-0.39, 0.29) is 23.3 Å². The van der Waals surface area contributed by atoms with E-state index in [0.717, 1.165) is 0 Å². The van der Waals surface area contributed by atoms with Crippen molar-refractivity contribution in [3.8, 4) is 0 Å². The zero-order valence-corrected chi connectivity index (χ0v) is 13.2. The van der Waals surface area contributed by atoms with Crippen molar-refractivity contribution in [1.29, 1.82) is 0 Å². The molecular formula is C14H17BrFNO3. The Bertz CT molecular complexity index is 526. The molecule has 0 unspecified atom stereocenters. The maximum Gasteiger partial charge on any atom is 0.305 e. The quantitative estimate of drug-likeness (QED) is 0.910. The number of hydrogen-bond donors (Lipinski definition) is 1. The summed E-state index contributed by atoms with van der Waals surface area (Å²) in [5.41, 5.74) is -0.202. The van der Waals surface area contributed by atoms with Gasteiger partial charge in [0.15, 0.2) is 0 Å². The van der Waals surface area contributed by atoms with E-state index in [1.807, 2.05) is 20.8 Å². The van der Waals surface area contributed by atoms with Crippen LogP contribution >= 0.6 is 15.9 Å². The molecule has 1 aromatic rings. The highest BCUT2D eigenvalue weighted by molar-refractivity contribution is 9.10. The van der Waals surface area contributed by atoms with Crippen LogP contribution in [0.5, 0.6) is 0 Å². The monoisotopic (exact) mass is 345 g/mol. The molecule has 0 aromatic heterocycles. The van der Waals surface area contributed by atoms with Crippen LogP contribution < -0.4 is 0 Å². The number of aliphatic carboxylic acids is 1. The van der Waals surface area contributed by atoms with Crippen LogP contribution in [0.2, 0.25) is 0 Å². The smallest absolute Gasteiger partial charge is 0.305 e. The fourth-order valence-corrected chi connectivity index (χ4v) is 2.11. The summed E-state index contributed by atoms with van der Waals surface area (Å²) in [6.45, 7) is 5.58. The van der Waals surface area contributed by atoms with E-state index < -0.39 is 17.3 Å². The lowest BCUT2D eigenvalue weighted by atomic mass is 10.0. The first-order chi connectivity index (χ1) is 9.12. The predicted octanol–water partition coefficient (Wildman–Crippen LogP) is 3.30. The van der Waals surface area contributed by atoms with Gasteiger partial charge >= 0.3 is 5.97 Å². The first kappa shape index (κ1) is 16.6. The molecule has 0 aliphatic heterocycles. The third kappa shape index (κ3) is 4.30.